The van der Waals surface area contributed by atoms with Crippen LogP contribution in [0.4, 0.5) is 11.4 Å². The van der Waals surface area contributed by atoms with Crippen molar-refractivity contribution in [3.05, 3.63) is 58.6 Å². The Morgan fingerprint density at radius 3 is 2.42 bits per heavy atom. The zero-order valence-corrected chi connectivity index (χ0v) is 13.7. The number of benzene rings is 2. The first-order chi connectivity index (χ1) is 12.5. The molecule has 0 saturated carbocycles. The third-order valence-corrected chi connectivity index (χ3v) is 3.18. The van der Waals surface area contributed by atoms with Crippen LogP contribution in [-0.4, -0.2) is 30.0 Å². The number of nitro groups is 1. The van der Waals surface area contributed by atoms with Gasteiger partial charge in [0.1, 0.15) is 11.5 Å². The summed E-state index contributed by atoms with van der Waals surface area (Å²) in [5.74, 6) is -0.188. The average Bonchev–Trinajstić information content (AvgIpc) is 2.61. The second kappa shape index (κ2) is 9.02. The maximum Gasteiger partial charge on any atom is 0.269 e. The minimum absolute atomic E-state index is 0.0610. The van der Waals surface area contributed by atoms with E-state index in [2.05, 4.69) is 5.32 Å². The molecule has 2 amide bonds. The van der Waals surface area contributed by atoms with Gasteiger partial charge in [-0.25, -0.2) is 0 Å². The summed E-state index contributed by atoms with van der Waals surface area (Å²) in [4.78, 5) is 32.8. The smallest absolute Gasteiger partial charge is 0.269 e. The van der Waals surface area contributed by atoms with Crippen molar-refractivity contribution in [2.24, 2.45) is 5.73 Å². The molecule has 2 aromatic rings. The summed E-state index contributed by atoms with van der Waals surface area (Å²) in [6, 6.07) is 12.1. The fourth-order valence-electron chi connectivity index (χ4n) is 1.96. The molecule has 0 aliphatic heterocycles. The third kappa shape index (κ3) is 5.78. The lowest BCUT2D eigenvalue weighted by Crippen LogP contribution is -2.21. The highest BCUT2D eigenvalue weighted by atomic mass is 16.6. The molecule has 136 valence electrons. The lowest BCUT2D eigenvalue weighted by Gasteiger charge is -2.12. The highest BCUT2D eigenvalue weighted by molar-refractivity contribution is 5.93. The van der Waals surface area contributed by atoms with Crippen LogP contribution < -0.4 is 20.5 Å². The van der Waals surface area contributed by atoms with Gasteiger partial charge in [-0.2, -0.15) is 0 Å². The predicted molar refractivity (Wildman–Crippen MR) is 93.0 cm³/mol. The van der Waals surface area contributed by atoms with E-state index in [4.69, 9.17) is 15.2 Å². The Hall–Kier alpha value is -3.62. The number of non-ortho nitro benzene ring substituents is 1. The Kier molecular flexibility index (Phi) is 6.49. The summed E-state index contributed by atoms with van der Waals surface area (Å²) >= 11 is 0. The van der Waals surface area contributed by atoms with Crippen LogP contribution in [0.25, 0.3) is 0 Å². The monoisotopic (exact) mass is 359 g/mol. The fraction of sp³-hybridized carbons (Fsp3) is 0.176. The number of carbonyl (C=O) groups excluding carboxylic acids is 2. The number of carbonyl (C=O) groups is 2. The van der Waals surface area contributed by atoms with E-state index in [1.165, 1.54) is 24.3 Å². The van der Waals surface area contributed by atoms with Gasteiger partial charge in [-0.1, -0.05) is 12.1 Å². The Balaban J connectivity index is 1.89. The molecule has 0 spiro atoms. The van der Waals surface area contributed by atoms with Crippen molar-refractivity contribution in [3.8, 4) is 11.5 Å². The van der Waals surface area contributed by atoms with Crippen molar-refractivity contribution in [1.82, 2.24) is 0 Å². The van der Waals surface area contributed by atoms with Crippen molar-refractivity contribution >= 4 is 23.2 Å². The molecule has 9 heteroatoms. The van der Waals surface area contributed by atoms with Crippen molar-refractivity contribution in [2.45, 2.75) is 6.42 Å². The highest BCUT2D eigenvalue weighted by Gasteiger charge is 2.10. The SMILES string of the molecule is NC(=O)CCOc1ccccc1NC(=O)COc1ccc([N+](=O)[O-])cc1. The van der Waals surface area contributed by atoms with Gasteiger partial charge in [0.15, 0.2) is 6.61 Å². The molecule has 0 fully saturated rings. The number of nitrogens with one attached hydrogen (secondary N) is 1. The summed E-state index contributed by atoms with van der Waals surface area (Å²) in [6.07, 6.45) is 0.0610. The molecule has 9 nitrogen and oxygen atoms in total. The fourth-order valence-corrected chi connectivity index (χ4v) is 1.96. The number of nitro benzene ring substituents is 1. The molecule has 0 aliphatic carbocycles. The van der Waals surface area contributed by atoms with Crippen molar-refractivity contribution in [3.63, 3.8) is 0 Å². The van der Waals surface area contributed by atoms with Crippen molar-refractivity contribution in [2.75, 3.05) is 18.5 Å². The number of primary amides is 1. The largest absolute Gasteiger partial charge is 0.491 e. The molecule has 0 atom stereocenters. The Bertz CT molecular complexity index is 791. The van der Waals surface area contributed by atoms with E-state index in [-0.39, 0.29) is 25.3 Å². The predicted octanol–water partition coefficient (Wildman–Crippen LogP) is 1.87. The summed E-state index contributed by atoms with van der Waals surface area (Å²) in [6.45, 7) is -0.186. The standard InChI is InChI=1S/C17H17N3O6/c18-16(21)9-10-25-15-4-2-1-3-14(15)19-17(22)11-26-13-7-5-12(6-8-13)20(23)24/h1-8H,9-11H2,(H2,18,21)(H,19,22). The van der Waals surface area contributed by atoms with Gasteiger partial charge in [-0.15, -0.1) is 0 Å². The number of nitrogens with two attached hydrogens (primary N) is 1. The number of rotatable bonds is 9. The summed E-state index contributed by atoms with van der Waals surface area (Å²) in [5, 5.41) is 13.2. The van der Waals surface area contributed by atoms with Crippen LogP contribution >= 0.6 is 0 Å². The normalized spacial score (nSPS) is 10.0. The molecule has 0 aliphatic rings. The molecule has 2 aromatic carbocycles. The molecular weight excluding hydrogens is 342 g/mol. The van der Waals surface area contributed by atoms with Gasteiger partial charge < -0.3 is 20.5 Å². The molecule has 0 bridgehead atoms. The maximum atomic E-state index is 12.0. The van der Waals surface area contributed by atoms with E-state index in [0.717, 1.165) is 0 Å². The van der Waals surface area contributed by atoms with Gasteiger partial charge in [0.25, 0.3) is 11.6 Å². The molecule has 2 rings (SSSR count). The average molecular weight is 359 g/mol. The van der Waals surface area contributed by atoms with Gasteiger partial charge in [0, 0.05) is 12.1 Å². The topological polar surface area (TPSA) is 134 Å². The van der Waals surface area contributed by atoms with E-state index >= 15 is 0 Å². The van der Waals surface area contributed by atoms with Gasteiger partial charge in [-0.05, 0) is 24.3 Å². The van der Waals surface area contributed by atoms with Crippen LogP contribution in [0.15, 0.2) is 48.5 Å². The van der Waals surface area contributed by atoms with E-state index < -0.39 is 16.7 Å². The van der Waals surface area contributed by atoms with E-state index in [9.17, 15) is 19.7 Å². The lowest BCUT2D eigenvalue weighted by atomic mass is 10.3. The highest BCUT2D eigenvalue weighted by Crippen LogP contribution is 2.24. The summed E-state index contributed by atoms with van der Waals surface area (Å²) in [7, 11) is 0. The number of hydrogen-bond acceptors (Lipinski definition) is 6. The Morgan fingerprint density at radius 1 is 1.08 bits per heavy atom. The minimum Gasteiger partial charge on any atom is -0.491 e. The van der Waals surface area contributed by atoms with E-state index in [1.807, 2.05) is 0 Å². The zero-order valence-electron chi connectivity index (χ0n) is 13.7. The maximum absolute atomic E-state index is 12.0. The van der Waals surface area contributed by atoms with Crippen LogP contribution in [0.2, 0.25) is 0 Å². The van der Waals surface area contributed by atoms with Gasteiger partial charge in [0.05, 0.1) is 23.6 Å². The number of ether oxygens (including phenoxy) is 2. The molecule has 0 unspecified atom stereocenters. The van der Waals surface area contributed by atoms with Gasteiger partial charge in [-0.3, -0.25) is 19.7 Å². The van der Waals surface area contributed by atoms with E-state index in [0.29, 0.717) is 17.2 Å². The molecule has 3 N–H and O–H groups in total. The second-order valence-corrected chi connectivity index (χ2v) is 5.15. The second-order valence-electron chi connectivity index (χ2n) is 5.15. The Labute approximate surface area is 148 Å². The Morgan fingerprint density at radius 2 is 1.77 bits per heavy atom. The lowest BCUT2D eigenvalue weighted by molar-refractivity contribution is -0.384. The number of para-hydroxylation sites is 2. The first kappa shape index (κ1) is 18.7. The van der Waals surface area contributed by atoms with Crippen molar-refractivity contribution < 1.29 is 24.0 Å². The molecule has 0 radical (unpaired) electrons. The van der Waals surface area contributed by atoms with Crippen molar-refractivity contribution in [1.29, 1.82) is 0 Å². The summed E-state index contributed by atoms with van der Waals surface area (Å²) in [5.41, 5.74) is 5.41. The molecular formula is C17H17N3O6. The quantitative estimate of drug-likeness (QED) is 0.518. The van der Waals surface area contributed by atoms with Crippen LogP contribution in [0.1, 0.15) is 6.42 Å². The summed E-state index contributed by atoms with van der Waals surface area (Å²) < 4.78 is 10.7. The molecule has 26 heavy (non-hydrogen) atoms. The first-order valence-electron chi connectivity index (χ1n) is 7.63. The molecule has 0 saturated heterocycles. The van der Waals surface area contributed by atoms with Crippen LogP contribution in [-0.2, 0) is 9.59 Å². The number of nitrogens with zero attached hydrogens (tertiary/aromatic N) is 1. The minimum atomic E-state index is -0.522. The van der Waals surface area contributed by atoms with E-state index in [1.54, 1.807) is 24.3 Å². The third-order valence-electron chi connectivity index (χ3n) is 3.18. The molecule has 0 heterocycles. The number of hydrogen-bond donors (Lipinski definition) is 2. The molecule has 0 aromatic heterocycles. The van der Waals surface area contributed by atoms with Gasteiger partial charge in [0.2, 0.25) is 5.91 Å². The number of anilines is 1. The number of amides is 2. The van der Waals surface area contributed by atoms with Gasteiger partial charge >= 0.3 is 0 Å². The zero-order chi connectivity index (χ0) is 18.9. The van der Waals surface area contributed by atoms with Crippen LogP contribution in [0, 0.1) is 10.1 Å². The first-order valence-corrected chi connectivity index (χ1v) is 7.63. The van der Waals surface area contributed by atoms with Crippen LogP contribution in [0.5, 0.6) is 11.5 Å². The van der Waals surface area contributed by atoms with Crippen LogP contribution in [0.3, 0.4) is 0 Å².